The summed E-state index contributed by atoms with van der Waals surface area (Å²) in [6.45, 7) is 11.6. The summed E-state index contributed by atoms with van der Waals surface area (Å²) in [7, 11) is 0. The number of hydrogen-bond donors (Lipinski definition) is 3. The minimum Gasteiger partial charge on any atom is -0.399 e. The van der Waals surface area contributed by atoms with E-state index in [1.807, 2.05) is 4.90 Å². The van der Waals surface area contributed by atoms with E-state index in [0.717, 1.165) is 113 Å². The van der Waals surface area contributed by atoms with Crippen molar-refractivity contribution in [3.63, 3.8) is 0 Å². The fourth-order valence-electron chi connectivity index (χ4n) is 11.8. The molecule has 0 bridgehead atoms. The van der Waals surface area contributed by atoms with E-state index in [9.17, 15) is 32.3 Å². The molecule has 368 valence electrons. The lowest BCUT2D eigenvalue weighted by Crippen LogP contribution is -2.52. The number of nitrogens with zero attached hydrogens (tertiary/aromatic N) is 6. The summed E-state index contributed by atoms with van der Waals surface area (Å²) in [4.78, 5) is 69.1. The number of aromatic nitrogens is 2. The Morgan fingerprint density at radius 3 is 2.26 bits per heavy atom. The predicted molar refractivity (Wildman–Crippen MR) is 261 cm³/mol. The van der Waals surface area contributed by atoms with Gasteiger partial charge in [-0.15, -0.1) is 0 Å². The number of halogens is 4. The van der Waals surface area contributed by atoms with Gasteiger partial charge >= 0.3 is 12.2 Å². The van der Waals surface area contributed by atoms with Crippen LogP contribution in [-0.2, 0) is 15.8 Å². The molecule has 2 saturated carbocycles. The number of nitrogens with two attached hydrogens (primary N) is 1. The molecule has 5 fully saturated rings. The molecular formula is C52H63ClF3N9O4. The number of aryl methyl sites for hydroxylation is 2. The fraction of sp³-hybridized carbons (Fsp3) is 0.538. The van der Waals surface area contributed by atoms with Crippen LogP contribution in [0.2, 0.25) is 5.02 Å². The second-order valence-corrected chi connectivity index (χ2v) is 20.8. The van der Waals surface area contributed by atoms with Gasteiger partial charge in [-0.1, -0.05) is 11.6 Å². The molecule has 4 N–H and O–H groups in total. The number of alkyl halides is 3. The molecule has 5 aliphatic rings. The van der Waals surface area contributed by atoms with Gasteiger partial charge in [0.15, 0.2) is 0 Å². The Morgan fingerprint density at radius 1 is 0.870 bits per heavy atom. The molecule has 3 aromatic carbocycles. The van der Waals surface area contributed by atoms with E-state index >= 15 is 0 Å². The Kier molecular flexibility index (Phi) is 13.9. The smallest absolute Gasteiger partial charge is 0.399 e. The standard InChI is InChI=1S/C52H63ClF3N9O4/c1-31-24-44-42(47(60-33(3)59-44)58-32(2)38-25-39(52(54,55)56)28-40(57)26-38)29-41(31)35-4-6-36(7-5-35)48(67)64-22-20-62(21-23-64)30-34-10-13-51(14-11-34)15-18-63(19-16-51)49(68)37-8-9-43(53)45(27-37)65-17-12-46(66)61-50(65)69/h8-9,24-29,32,34-36H,4-7,10-23,30,57H2,1-3H3,(H,58,59,60)(H,61,66,69)/t32-,35-,36-/m1/s1. The minimum absolute atomic E-state index is 0.00765. The maximum Gasteiger partial charge on any atom is 0.416 e. The molecular weight excluding hydrogens is 907 g/mol. The number of hydrogen-bond acceptors (Lipinski definition) is 9. The van der Waals surface area contributed by atoms with Crippen LogP contribution in [0, 0.1) is 31.1 Å². The molecule has 4 aromatic rings. The first-order chi connectivity index (χ1) is 32.9. The number of anilines is 3. The van der Waals surface area contributed by atoms with Crippen molar-refractivity contribution in [2.45, 2.75) is 110 Å². The second kappa shape index (κ2) is 19.7. The topological polar surface area (TPSA) is 157 Å². The van der Waals surface area contributed by atoms with Crippen molar-refractivity contribution in [2.24, 2.45) is 17.3 Å². The number of nitrogen functional groups attached to an aromatic ring is 1. The van der Waals surface area contributed by atoms with Crippen molar-refractivity contribution in [2.75, 3.05) is 68.3 Å². The Balaban J connectivity index is 0.727. The van der Waals surface area contributed by atoms with E-state index in [4.69, 9.17) is 27.3 Å². The first kappa shape index (κ1) is 48.5. The van der Waals surface area contributed by atoms with Gasteiger partial charge in [0.25, 0.3) is 5.91 Å². The lowest BCUT2D eigenvalue weighted by Gasteiger charge is -2.47. The van der Waals surface area contributed by atoms with E-state index < -0.39 is 23.8 Å². The highest BCUT2D eigenvalue weighted by Gasteiger charge is 2.40. The van der Waals surface area contributed by atoms with Crippen LogP contribution in [0.5, 0.6) is 0 Å². The number of urea groups is 1. The molecule has 9 rings (SSSR count). The second-order valence-electron chi connectivity index (χ2n) is 20.4. The van der Waals surface area contributed by atoms with Crippen molar-refractivity contribution in [1.29, 1.82) is 0 Å². The summed E-state index contributed by atoms with van der Waals surface area (Å²) < 4.78 is 40.8. The number of piperidine rings is 1. The van der Waals surface area contributed by atoms with Crippen LogP contribution in [0.15, 0.2) is 48.5 Å². The third-order valence-corrected chi connectivity index (χ3v) is 16.2. The molecule has 4 heterocycles. The number of benzene rings is 3. The highest BCUT2D eigenvalue weighted by atomic mass is 35.5. The van der Waals surface area contributed by atoms with Crippen LogP contribution in [0.3, 0.4) is 0 Å². The molecule has 1 aromatic heterocycles. The quantitative estimate of drug-likeness (QED) is 0.139. The van der Waals surface area contributed by atoms with Gasteiger partial charge in [0.1, 0.15) is 11.6 Å². The number of carbonyl (C=O) groups is 4. The van der Waals surface area contributed by atoms with Gasteiger partial charge in [-0.25, -0.2) is 14.8 Å². The van der Waals surface area contributed by atoms with Gasteiger partial charge in [-0.05, 0) is 167 Å². The number of rotatable bonds is 9. The SMILES string of the molecule is Cc1nc(N[C@H](C)c2cc(N)cc(C(F)(F)F)c2)c2cc([C@H]3CC[C@H](C(=O)N4CCN(CC5CCC6(CC5)CCN(C(=O)c5ccc(Cl)c(N7CCC(=O)NC7=O)c5)CC6)CC4)CC3)c(C)cc2n1. The maximum absolute atomic E-state index is 13.9. The van der Waals surface area contributed by atoms with Gasteiger partial charge in [-0.2, -0.15) is 13.2 Å². The van der Waals surface area contributed by atoms with Gasteiger partial charge in [-0.3, -0.25) is 29.5 Å². The summed E-state index contributed by atoms with van der Waals surface area (Å²) in [5.41, 5.74) is 9.82. The van der Waals surface area contributed by atoms with Gasteiger partial charge in [0.2, 0.25) is 11.8 Å². The van der Waals surface area contributed by atoms with Crippen molar-refractivity contribution in [3.05, 3.63) is 87.2 Å². The fourth-order valence-corrected chi connectivity index (χ4v) is 12.0. The Labute approximate surface area is 406 Å². The number of piperazine rings is 1. The molecule has 69 heavy (non-hydrogen) atoms. The monoisotopic (exact) mass is 969 g/mol. The van der Waals surface area contributed by atoms with Crippen LogP contribution in [0.1, 0.15) is 128 Å². The van der Waals surface area contributed by atoms with Crippen LogP contribution in [0.4, 0.5) is 35.2 Å². The highest BCUT2D eigenvalue weighted by molar-refractivity contribution is 6.34. The summed E-state index contributed by atoms with van der Waals surface area (Å²) in [5, 5.41) is 6.84. The molecule has 1 atom stereocenters. The zero-order valence-corrected chi connectivity index (χ0v) is 40.5. The molecule has 0 radical (unpaired) electrons. The largest absolute Gasteiger partial charge is 0.416 e. The third-order valence-electron chi connectivity index (χ3n) is 15.9. The van der Waals surface area contributed by atoms with E-state index in [1.54, 1.807) is 38.1 Å². The Morgan fingerprint density at radius 2 is 1.58 bits per heavy atom. The number of nitrogens with one attached hydrogen (secondary N) is 2. The van der Waals surface area contributed by atoms with Gasteiger partial charge < -0.3 is 20.9 Å². The van der Waals surface area contributed by atoms with E-state index in [2.05, 4.69) is 39.5 Å². The summed E-state index contributed by atoms with van der Waals surface area (Å²) in [6, 6.07) is 11.8. The summed E-state index contributed by atoms with van der Waals surface area (Å²) in [6.07, 6.45) is 5.72. The summed E-state index contributed by atoms with van der Waals surface area (Å²) >= 11 is 6.44. The number of fused-ring (bicyclic) bond motifs is 1. The first-order valence-corrected chi connectivity index (χ1v) is 25.0. The normalized spacial score (nSPS) is 22.2. The molecule has 17 heteroatoms. The lowest BCUT2D eigenvalue weighted by molar-refractivity contribution is -0.139. The summed E-state index contributed by atoms with van der Waals surface area (Å²) in [5.74, 6) is 1.90. The number of imide groups is 1. The molecule has 3 aliphatic heterocycles. The third kappa shape index (κ3) is 10.7. The van der Waals surface area contributed by atoms with E-state index in [0.29, 0.717) is 52.5 Å². The molecule has 2 aliphatic carbocycles. The molecule has 1 spiro atoms. The average molecular weight is 971 g/mol. The van der Waals surface area contributed by atoms with Crippen LogP contribution in [0.25, 0.3) is 10.9 Å². The van der Waals surface area contributed by atoms with Crippen molar-refractivity contribution in [1.82, 2.24) is 30.0 Å². The maximum atomic E-state index is 13.9. The highest BCUT2D eigenvalue weighted by Crippen LogP contribution is 2.47. The van der Waals surface area contributed by atoms with E-state index in [1.165, 1.54) is 23.3 Å². The van der Waals surface area contributed by atoms with Crippen molar-refractivity contribution < 1.29 is 32.3 Å². The zero-order chi connectivity index (χ0) is 48.8. The number of likely N-dealkylation sites (tertiary alicyclic amines) is 1. The van der Waals surface area contributed by atoms with Crippen LogP contribution >= 0.6 is 11.6 Å². The number of amides is 5. The molecule has 5 amide bonds. The van der Waals surface area contributed by atoms with Gasteiger partial charge in [0, 0.05) is 81.3 Å². The van der Waals surface area contributed by atoms with Crippen LogP contribution in [-0.4, -0.2) is 101 Å². The Bertz CT molecular complexity index is 2610. The van der Waals surface area contributed by atoms with Gasteiger partial charge in [0.05, 0.1) is 27.8 Å². The number of carbonyl (C=O) groups excluding carboxylic acids is 4. The lowest BCUT2D eigenvalue weighted by atomic mass is 9.65. The average Bonchev–Trinajstić information content (AvgIpc) is 3.32. The van der Waals surface area contributed by atoms with Crippen molar-refractivity contribution >= 4 is 63.4 Å². The minimum atomic E-state index is -4.51. The first-order valence-electron chi connectivity index (χ1n) is 24.7. The predicted octanol–water partition coefficient (Wildman–Crippen LogP) is 9.65. The van der Waals surface area contributed by atoms with Crippen molar-refractivity contribution in [3.8, 4) is 0 Å². The zero-order valence-electron chi connectivity index (χ0n) is 39.8. The molecule has 13 nitrogen and oxygen atoms in total. The van der Waals surface area contributed by atoms with E-state index in [-0.39, 0.29) is 53.6 Å². The molecule has 0 unspecified atom stereocenters. The Hall–Kier alpha value is -5.48. The molecule has 3 saturated heterocycles. The van der Waals surface area contributed by atoms with Crippen LogP contribution < -0.4 is 21.3 Å².